The maximum absolute atomic E-state index is 12.8. The summed E-state index contributed by atoms with van der Waals surface area (Å²) < 4.78 is 41.8. The number of ether oxygens (including phenoxy) is 3. The lowest BCUT2D eigenvalue weighted by Crippen LogP contribution is -2.28. The molecule has 1 atom stereocenters. The molecule has 0 saturated carbocycles. The molecule has 10 heteroatoms. The van der Waals surface area contributed by atoms with Gasteiger partial charge < -0.3 is 19.3 Å². The average Bonchev–Trinajstić information content (AvgIpc) is 3.00. The number of carboxylic acids is 1. The Balaban J connectivity index is 1.69. The molecular formula is C36H38N2O7S. The van der Waals surface area contributed by atoms with Gasteiger partial charge in [0.1, 0.15) is 12.4 Å². The van der Waals surface area contributed by atoms with Crippen molar-refractivity contribution in [2.75, 3.05) is 12.9 Å². The minimum absolute atomic E-state index is 0.175. The predicted molar refractivity (Wildman–Crippen MR) is 180 cm³/mol. The van der Waals surface area contributed by atoms with E-state index in [2.05, 4.69) is 11.7 Å². The van der Waals surface area contributed by atoms with Crippen molar-refractivity contribution in [3.63, 3.8) is 0 Å². The Bertz CT molecular complexity index is 1970. The van der Waals surface area contributed by atoms with Gasteiger partial charge in [0, 0.05) is 40.8 Å². The number of hydrogen-bond donors (Lipinski definition) is 1. The molecule has 0 bridgehead atoms. The molecule has 0 saturated heterocycles. The number of aromatic nitrogens is 1. The van der Waals surface area contributed by atoms with Crippen molar-refractivity contribution in [3.8, 4) is 22.8 Å². The summed E-state index contributed by atoms with van der Waals surface area (Å²) in [6.07, 6.45) is 2.63. The summed E-state index contributed by atoms with van der Waals surface area (Å²) in [5.74, 6) is -0.0595. The molecule has 1 aliphatic heterocycles. The van der Waals surface area contributed by atoms with Gasteiger partial charge in [-0.15, -0.1) is 0 Å². The summed E-state index contributed by atoms with van der Waals surface area (Å²) in [6, 6.07) is 15.7. The number of nitrogens with zero attached hydrogens (tertiary/aromatic N) is 2. The minimum atomic E-state index is -3.30. The fourth-order valence-corrected chi connectivity index (χ4v) is 6.37. The van der Waals surface area contributed by atoms with Crippen LogP contribution in [-0.4, -0.2) is 49.7 Å². The van der Waals surface area contributed by atoms with Crippen LogP contribution in [0.5, 0.6) is 11.6 Å². The van der Waals surface area contributed by atoms with Crippen LogP contribution in [0.2, 0.25) is 0 Å². The highest BCUT2D eigenvalue weighted by atomic mass is 32.2. The molecule has 0 spiro atoms. The summed E-state index contributed by atoms with van der Waals surface area (Å²) in [4.78, 5) is 22.3. The molecule has 9 nitrogen and oxygen atoms in total. The first-order valence-corrected chi connectivity index (χ1v) is 16.8. The van der Waals surface area contributed by atoms with Gasteiger partial charge in [-0.25, -0.2) is 18.2 Å². The molecule has 0 fully saturated rings. The molecule has 2 heterocycles. The number of allylic oxidation sites excluding steroid dienone is 1. The predicted octanol–water partition coefficient (Wildman–Crippen LogP) is 7.65. The van der Waals surface area contributed by atoms with Crippen LogP contribution in [-0.2, 0) is 26.0 Å². The first kappa shape index (κ1) is 32.8. The SMILES string of the molecule is C=Nc1c(-c2c([C@H](OC(C)(C)C)C(=O)O)c(C)cc3nc(OCc4ccc(S(C)(=O)=O)cc4)ccc23)ccc2c1/C(=C\C)CCO2. The highest BCUT2D eigenvalue weighted by molar-refractivity contribution is 7.90. The zero-order valence-corrected chi connectivity index (χ0v) is 27.7. The second-order valence-corrected chi connectivity index (χ2v) is 14.3. The molecule has 3 aromatic carbocycles. The number of rotatable bonds is 9. The number of sulfone groups is 1. The zero-order chi connectivity index (χ0) is 33.4. The lowest BCUT2D eigenvalue weighted by atomic mass is 9.85. The van der Waals surface area contributed by atoms with Crippen LogP contribution in [0.4, 0.5) is 5.69 Å². The van der Waals surface area contributed by atoms with Gasteiger partial charge in [0.05, 0.1) is 28.3 Å². The molecule has 0 amide bonds. The summed E-state index contributed by atoms with van der Waals surface area (Å²) in [7, 11) is -3.30. The number of carboxylic acid groups (broad SMARTS) is 1. The number of hydrogen-bond acceptors (Lipinski definition) is 8. The van der Waals surface area contributed by atoms with Crippen LogP contribution in [0.15, 0.2) is 70.6 Å². The van der Waals surface area contributed by atoms with Crippen molar-refractivity contribution >= 4 is 44.7 Å². The Morgan fingerprint density at radius 2 is 1.85 bits per heavy atom. The Hall–Kier alpha value is -4.54. The van der Waals surface area contributed by atoms with E-state index >= 15 is 0 Å². The maximum Gasteiger partial charge on any atom is 0.337 e. The van der Waals surface area contributed by atoms with E-state index in [0.29, 0.717) is 63.5 Å². The third-order valence-electron chi connectivity index (χ3n) is 7.78. The second kappa shape index (κ2) is 12.7. The summed E-state index contributed by atoms with van der Waals surface area (Å²) >= 11 is 0. The number of aryl methyl sites for hydroxylation is 1. The van der Waals surface area contributed by atoms with E-state index in [-0.39, 0.29) is 11.5 Å². The molecule has 46 heavy (non-hydrogen) atoms. The summed E-state index contributed by atoms with van der Waals surface area (Å²) in [5, 5.41) is 11.2. The first-order chi connectivity index (χ1) is 21.7. The van der Waals surface area contributed by atoms with Crippen molar-refractivity contribution in [2.45, 2.75) is 64.2 Å². The minimum Gasteiger partial charge on any atom is -0.493 e. The van der Waals surface area contributed by atoms with Crippen LogP contribution in [0.3, 0.4) is 0 Å². The van der Waals surface area contributed by atoms with Gasteiger partial charge >= 0.3 is 5.97 Å². The maximum atomic E-state index is 12.8. The summed E-state index contributed by atoms with van der Waals surface area (Å²) in [5.41, 5.74) is 5.62. The molecule has 1 N–H and O–H groups in total. The van der Waals surface area contributed by atoms with Crippen molar-refractivity contribution in [2.24, 2.45) is 4.99 Å². The normalized spacial score (nSPS) is 14.9. The van der Waals surface area contributed by atoms with E-state index in [1.165, 1.54) is 6.26 Å². The Labute approximate surface area is 269 Å². The van der Waals surface area contributed by atoms with Crippen LogP contribution in [0.1, 0.15) is 62.5 Å². The number of benzene rings is 3. The molecule has 1 aliphatic rings. The van der Waals surface area contributed by atoms with E-state index in [1.54, 1.807) is 30.3 Å². The number of carbonyl (C=O) groups is 1. The number of fused-ring (bicyclic) bond motifs is 2. The van der Waals surface area contributed by atoms with Crippen LogP contribution in [0.25, 0.3) is 27.6 Å². The molecule has 1 aromatic heterocycles. The largest absolute Gasteiger partial charge is 0.493 e. The monoisotopic (exact) mass is 642 g/mol. The molecule has 5 rings (SSSR count). The van der Waals surface area contributed by atoms with Gasteiger partial charge in [0.2, 0.25) is 5.88 Å². The molecule has 0 aliphatic carbocycles. The molecule has 0 unspecified atom stereocenters. The average molecular weight is 643 g/mol. The number of aliphatic carboxylic acids is 1. The van der Waals surface area contributed by atoms with E-state index in [1.807, 2.05) is 65.0 Å². The summed E-state index contributed by atoms with van der Waals surface area (Å²) in [6.45, 7) is 13.9. The highest BCUT2D eigenvalue weighted by Gasteiger charge is 2.33. The van der Waals surface area contributed by atoms with Crippen LogP contribution >= 0.6 is 0 Å². The topological polar surface area (TPSA) is 124 Å². The molecule has 240 valence electrons. The third kappa shape index (κ3) is 6.68. The van der Waals surface area contributed by atoms with Crippen LogP contribution < -0.4 is 9.47 Å². The van der Waals surface area contributed by atoms with Crippen LogP contribution in [0, 0.1) is 6.92 Å². The Kier molecular flexibility index (Phi) is 9.06. The van der Waals surface area contributed by atoms with Gasteiger partial charge in [-0.3, -0.25) is 4.99 Å². The number of aliphatic imine (C=N–C) groups is 1. The fourth-order valence-electron chi connectivity index (χ4n) is 5.74. The Morgan fingerprint density at radius 1 is 1.13 bits per heavy atom. The zero-order valence-electron chi connectivity index (χ0n) is 26.9. The van der Waals surface area contributed by atoms with Gasteiger partial charge in [-0.2, -0.15) is 0 Å². The lowest BCUT2D eigenvalue weighted by Gasteiger charge is -2.29. The molecular weight excluding hydrogens is 604 g/mol. The van der Waals surface area contributed by atoms with E-state index in [0.717, 1.165) is 16.7 Å². The fraction of sp³-hybridized carbons (Fsp3) is 0.306. The van der Waals surface area contributed by atoms with Crippen molar-refractivity contribution in [1.82, 2.24) is 4.98 Å². The second-order valence-electron chi connectivity index (χ2n) is 12.3. The highest BCUT2D eigenvalue weighted by Crippen LogP contribution is 2.49. The van der Waals surface area contributed by atoms with Crippen molar-refractivity contribution in [1.29, 1.82) is 0 Å². The third-order valence-corrected chi connectivity index (χ3v) is 8.91. The van der Waals surface area contributed by atoms with Gasteiger partial charge in [-0.1, -0.05) is 18.2 Å². The quantitative estimate of drug-likeness (QED) is 0.185. The smallest absolute Gasteiger partial charge is 0.337 e. The first-order valence-electron chi connectivity index (χ1n) is 14.9. The van der Waals surface area contributed by atoms with Gasteiger partial charge in [0.25, 0.3) is 0 Å². The van der Waals surface area contributed by atoms with Crippen molar-refractivity contribution < 1.29 is 32.5 Å². The number of pyridine rings is 1. The standard InChI is InChI=1S/C36H38N2O7S/c1-8-23-17-18-43-28-15-13-26(33(37-6)31(23)28)32-25-14-16-29(44-20-22-9-11-24(12-10-22)46(7,41)42)38-27(25)19-21(2)30(32)34(35(39)40)45-36(3,4)5/h8-16,19,34H,6,17-18,20H2,1-5,7H3,(H,39,40)/b23-8-/t34-/m0/s1. The van der Waals surface area contributed by atoms with Gasteiger partial charge in [0.15, 0.2) is 15.9 Å². The van der Waals surface area contributed by atoms with Gasteiger partial charge in [-0.05, 0) is 100.0 Å². The van der Waals surface area contributed by atoms with E-state index < -0.39 is 27.5 Å². The molecule has 0 radical (unpaired) electrons. The Morgan fingerprint density at radius 3 is 2.46 bits per heavy atom. The lowest BCUT2D eigenvalue weighted by molar-refractivity contribution is -0.160. The van der Waals surface area contributed by atoms with E-state index in [9.17, 15) is 18.3 Å². The molecule has 4 aromatic rings. The van der Waals surface area contributed by atoms with E-state index in [4.69, 9.17) is 19.2 Å². The van der Waals surface area contributed by atoms with Crippen molar-refractivity contribution in [3.05, 3.63) is 82.9 Å².